The zero-order chi connectivity index (χ0) is 20.9. The van der Waals surface area contributed by atoms with E-state index >= 15 is 0 Å². The van der Waals surface area contributed by atoms with E-state index in [1.807, 2.05) is 0 Å². The van der Waals surface area contributed by atoms with Gasteiger partial charge < -0.3 is 24.4 Å². The molecule has 2 bridgehead atoms. The Balaban J connectivity index is 1.38. The Labute approximate surface area is 177 Å². The highest BCUT2D eigenvalue weighted by molar-refractivity contribution is 5.85. The molecule has 4 aliphatic carbocycles. The number of methoxy groups -OCH3 is 1. The molecule has 3 unspecified atom stereocenters. The van der Waals surface area contributed by atoms with Crippen LogP contribution >= 0.6 is 0 Å². The number of cyclic esters (lactones) is 1. The van der Waals surface area contributed by atoms with Crippen molar-refractivity contribution in [3.63, 3.8) is 0 Å². The summed E-state index contributed by atoms with van der Waals surface area (Å²) in [6.45, 7) is 2.62. The van der Waals surface area contributed by atoms with Crippen molar-refractivity contribution in [2.75, 3.05) is 13.7 Å². The number of aliphatic hydroxyl groups excluding tert-OH is 1. The van der Waals surface area contributed by atoms with E-state index in [1.165, 1.54) is 0 Å². The summed E-state index contributed by atoms with van der Waals surface area (Å²) in [5.74, 6) is 0.931. The summed E-state index contributed by atoms with van der Waals surface area (Å²) in [5, 5.41) is 23.1. The van der Waals surface area contributed by atoms with Crippen LogP contribution in [0.25, 0.3) is 0 Å². The summed E-state index contributed by atoms with van der Waals surface area (Å²) in [6.07, 6.45) is 8.18. The van der Waals surface area contributed by atoms with Crippen LogP contribution in [-0.4, -0.2) is 54.0 Å². The van der Waals surface area contributed by atoms with E-state index in [-0.39, 0.29) is 41.0 Å². The predicted octanol–water partition coefficient (Wildman–Crippen LogP) is 2.57. The summed E-state index contributed by atoms with van der Waals surface area (Å²) in [4.78, 5) is 11.7. The highest BCUT2D eigenvalue weighted by Gasteiger charge is 2.72. The second-order valence-corrected chi connectivity index (χ2v) is 11.1. The summed E-state index contributed by atoms with van der Waals surface area (Å²) >= 11 is 0. The Kier molecular flexibility index (Phi) is 4.14. The van der Waals surface area contributed by atoms with Gasteiger partial charge in [0, 0.05) is 24.0 Å². The van der Waals surface area contributed by atoms with Gasteiger partial charge in [0.25, 0.3) is 0 Å². The predicted molar refractivity (Wildman–Crippen MR) is 107 cm³/mol. The molecule has 10 atom stereocenters. The van der Waals surface area contributed by atoms with E-state index in [1.54, 1.807) is 13.2 Å². The van der Waals surface area contributed by atoms with Crippen LogP contribution < -0.4 is 0 Å². The molecule has 4 saturated carbocycles. The lowest BCUT2D eigenvalue weighted by Gasteiger charge is -2.68. The molecule has 6 heteroatoms. The molecule has 3 aliphatic heterocycles. The highest BCUT2D eigenvalue weighted by atomic mass is 16.7. The first-order valence-corrected chi connectivity index (χ1v) is 11.8. The van der Waals surface area contributed by atoms with Crippen molar-refractivity contribution in [2.45, 2.75) is 82.4 Å². The van der Waals surface area contributed by atoms with Crippen LogP contribution in [0.15, 0.2) is 11.6 Å². The Morgan fingerprint density at radius 3 is 2.73 bits per heavy atom. The zero-order valence-corrected chi connectivity index (χ0v) is 18.0. The van der Waals surface area contributed by atoms with Gasteiger partial charge in [0.15, 0.2) is 6.29 Å². The fourth-order valence-electron chi connectivity index (χ4n) is 9.24. The average molecular weight is 419 g/mol. The number of carbonyl (C=O) groups excluding carboxylic acids is 1. The van der Waals surface area contributed by atoms with Gasteiger partial charge in [0.05, 0.1) is 17.8 Å². The van der Waals surface area contributed by atoms with Crippen molar-refractivity contribution >= 4 is 5.97 Å². The third-order valence-corrected chi connectivity index (χ3v) is 10.5. The first-order chi connectivity index (χ1) is 14.3. The maximum Gasteiger partial charge on any atom is 0.331 e. The summed E-state index contributed by atoms with van der Waals surface area (Å²) in [5.41, 5.74) is -0.141. The van der Waals surface area contributed by atoms with E-state index in [0.717, 1.165) is 56.9 Å². The molecule has 30 heavy (non-hydrogen) atoms. The summed E-state index contributed by atoms with van der Waals surface area (Å²) in [7, 11) is 1.73. The number of aliphatic hydroxyl groups is 2. The van der Waals surface area contributed by atoms with E-state index < -0.39 is 11.7 Å². The minimum atomic E-state index is -0.760. The molecule has 7 rings (SSSR count). The Morgan fingerprint density at radius 1 is 1.17 bits per heavy atom. The number of rotatable bonds is 2. The molecule has 0 amide bonds. The Bertz CT molecular complexity index is 785. The van der Waals surface area contributed by atoms with Gasteiger partial charge in [-0.25, -0.2) is 4.79 Å². The van der Waals surface area contributed by atoms with Crippen LogP contribution in [0.3, 0.4) is 0 Å². The molecule has 3 heterocycles. The fraction of sp³-hybridized carbons (Fsp3) is 0.875. The quantitative estimate of drug-likeness (QED) is 0.671. The lowest BCUT2D eigenvalue weighted by atomic mass is 9.41. The third-order valence-electron chi connectivity index (χ3n) is 10.5. The van der Waals surface area contributed by atoms with Crippen molar-refractivity contribution in [3.8, 4) is 0 Å². The van der Waals surface area contributed by atoms with Gasteiger partial charge in [-0.2, -0.15) is 0 Å². The number of carbonyl (C=O) groups is 1. The molecule has 166 valence electrons. The van der Waals surface area contributed by atoms with Crippen LogP contribution in [-0.2, 0) is 19.0 Å². The number of hydrogen-bond acceptors (Lipinski definition) is 6. The molecular weight excluding hydrogens is 384 g/mol. The SMILES string of the molecule is CO[C@H]1O[C@@H]2CC3CCC4C(CC[C@]5(C)[C@@H](C6=CC(=O)OC6)CC[C@]45O)[C@@]31C[C@H]2O. The first kappa shape index (κ1) is 19.7. The lowest BCUT2D eigenvalue weighted by molar-refractivity contribution is -0.361. The van der Waals surface area contributed by atoms with Gasteiger partial charge in [0.1, 0.15) is 6.61 Å². The maximum atomic E-state index is 12.3. The number of hydrogen-bond donors (Lipinski definition) is 2. The fourth-order valence-corrected chi connectivity index (χ4v) is 9.24. The van der Waals surface area contributed by atoms with Crippen LogP contribution in [0, 0.1) is 34.5 Å². The van der Waals surface area contributed by atoms with Crippen LogP contribution in [0.5, 0.6) is 0 Å². The number of ether oxygens (including phenoxy) is 3. The molecule has 0 radical (unpaired) electrons. The molecule has 0 aromatic rings. The molecule has 1 spiro atoms. The van der Waals surface area contributed by atoms with Crippen molar-refractivity contribution in [1.82, 2.24) is 0 Å². The first-order valence-electron chi connectivity index (χ1n) is 11.8. The average Bonchev–Trinajstić information content (AvgIpc) is 3.27. The van der Waals surface area contributed by atoms with Gasteiger partial charge in [-0.05, 0) is 80.6 Å². The minimum Gasteiger partial charge on any atom is -0.458 e. The third kappa shape index (κ3) is 2.21. The zero-order valence-electron chi connectivity index (χ0n) is 18.0. The molecule has 7 aliphatic rings. The molecule has 6 nitrogen and oxygen atoms in total. The lowest BCUT2D eigenvalue weighted by Crippen LogP contribution is -2.70. The molecule has 0 aromatic heterocycles. The Hall–Kier alpha value is -0.950. The summed E-state index contributed by atoms with van der Waals surface area (Å²) < 4.78 is 17.3. The minimum absolute atomic E-state index is 0.113. The van der Waals surface area contributed by atoms with Crippen LogP contribution in [0.4, 0.5) is 0 Å². The second-order valence-electron chi connectivity index (χ2n) is 11.1. The van der Waals surface area contributed by atoms with Crippen molar-refractivity contribution in [3.05, 3.63) is 11.6 Å². The van der Waals surface area contributed by atoms with E-state index in [2.05, 4.69) is 6.92 Å². The van der Waals surface area contributed by atoms with Crippen LogP contribution in [0.1, 0.15) is 58.3 Å². The summed E-state index contributed by atoms with van der Waals surface area (Å²) in [6, 6.07) is 0. The number of fused-ring (bicyclic) bond motifs is 5. The molecular formula is C24H34O6. The van der Waals surface area contributed by atoms with Gasteiger partial charge >= 0.3 is 5.97 Å². The molecule has 0 aromatic carbocycles. The molecule has 6 fully saturated rings. The van der Waals surface area contributed by atoms with Crippen molar-refractivity contribution in [2.24, 2.45) is 34.5 Å². The smallest absolute Gasteiger partial charge is 0.331 e. The van der Waals surface area contributed by atoms with Gasteiger partial charge in [0.2, 0.25) is 0 Å². The van der Waals surface area contributed by atoms with Gasteiger partial charge in [-0.3, -0.25) is 0 Å². The highest BCUT2D eigenvalue weighted by Crippen LogP contribution is 2.72. The van der Waals surface area contributed by atoms with Crippen LogP contribution in [0.2, 0.25) is 0 Å². The van der Waals surface area contributed by atoms with Gasteiger partial charge in [-0.15, -0.1) is 0 Å². The maximum absolute atomic E-state index is 12.3. The molecule has 2 saturated heterocycles. The standard InChI is InChI=1S/C24H34O6/c1-22-7-5-16-17(24(22,27)8-6-15(22)13-9-20(26)29-12-13)4-3-14-10-19-18(25)11-23(14,16)21(28-2)30-19/h9,14-19,21,25,27H,3-8,10-12H2,1-2H3/t14?,15-,16?,17?,18-,19-,21+,22-,23-,24+/m1/s1. The Morgan fingerprint density at radius 2 is 2.00 bits per heavy atom. The largest absolute Gasteiger partial charge is 0.458 e. The topological polar surface area (TPSA) is 85.2 Å². The van der Waals surface area contributed by atoms with E-state index in [4.69, 9.17) is 14.2 Å². The second kappa shape index (κ2) is 6.31. The van der Waals surface area contributed by atoms with Crippen molar-refractivity contribution in [1.29, 1.82) is 0 Å². The van der Waals surface area contributed by atoms with Gasteiger partial charge in [-0.1, -0.05) is 6.92 Å². The van der Waals surface area contributed by atoms with E-state index in [9.17, 15) is 15.0 Å². The monoisotopic (exact) mass is 418 g/mol. The molecule has 2 N–H and O–H groups in total. The normalized spacial score (nSPS) is 56.7. The van der Waals surface area contributed by atoms with Crippen molar-refractivity contribution < 1.29 is 29.2 Å². The number of esters is 1. The van der Waals surface area contributed by atoms with E-state index in [0.29, 0.717) is 18.4 Å².